The monoisotopic (exact) mass is 578 g/mol. The van der Waals surface area contributed by atoms with Gasteiger partial charge in [0.25, 0.3) is 5.69 Å². The van der Waals surface area contributed by atoms with Gasteiger partial charge in [-0.2, -0.15) is 36.5 Å². The maximum absolute atomic E-state index is 12.7. The second-order valence-corrected chi connectivity index (χ2v) is 8.01. The second kappa shape index (κ2) is 11.4. The lowest BCUT2D eigenvalue weighted by Gasteiger charge is -2.10. The summed E-state index contributed by atoms with van der Waals surface area (Å²) in [5, 5.41) is 27.3. The fraction of sp³-hybridized carbons (Fsp3) is 0.0800. The molecule has 0 saturated carbocycles. The summed E-state index contributed by atoms with van der Waals surface area (Å²) in [5.74, 6) is 0.126. The average Bonchev–Trinajstić information content (AvgIpc) is 3.61. The maximum atomic E-state index is 12.7. The minimum Gasteiger partial charge on any atom is -0.506 e. The van der Waals surface area contributed by atoms with Crippen molar-refractivity contribution in [1.29, 1.82) is 0 Å². The summed E-state index contributed by atoms with van der Waals surface area (Å²) in [6, 6.07) is 14.8. The molecule has 0 aliphatic carbocycles. The van der Waals surface area contributed by atoms with Gasteiger partial charge >= 0.3 is 12.4 Å². The van der Waals surface area contributed by atoms with Gasteiger partial charge in [0.2, 0.25) is 5.88 Å². The molecule has 0 amide bonds. The van der Waals surface area contributed by atoms with Crippen molar-refractivity contribution in [3.05, 3.63) is 113 Å². The largest absolute Gasteiger partial charge is 0.506 e. The first-order chi connectivity index (χ1) is 19.3. The number of ether oxygens (including phenoxy) is 1. The number of halogens is 6. The lowest BCUT2D eigenvalue weighted by molar-refractivity contribution is -0.385. The van der Waals surface area contributed by atoms with Gasteiger partial charge in [0.05, 0.1) is 28.4 Å². The molecule has 5 aromatic rings. The molecule has 5 rings (SSSR count). The molecule has 0 unspecified atom stereocenters. The fourth-order valence-electron chi connectivity index (χ4n) is 3.25. The van der Waals surface area contributed by atoms with Crippen LogP contribution in [0.1, 0.15) is 11.1 Å². The first kappa shape index (κ1) is 28.6. The van der Waals surface area contributed by atoms with Crippen molar-refractivity contribution in [1.82, 2.24) is 24.5 Å². The van der Waals surface area contributed by atoms with E-state index in [1.54, 1.807) is 24.3 Å². The van der Waals surface area contributed by atoms with E-state index in [0.29, 0.717) is 12.4 Å². The number of hydrogen-bond acceptors (Lipinski definition) is 7. The van der Waals surface area contributed by atoms with Gasteiger partial charge in [0, 0.05) is 24.5 Å². The molecule has 1 N–H and O–H groups in total. The Hall–Kier alpha value is -5.41. The molecule has 0 atom stereocenters. The number of pyridine rings is 1. The van der Waals surface area contributed by atoms with Crippen LogP contribution in [0, 0.1) is 10.1 Å². The molecule has 0 saturated heterocycles. The van der Waals surface area contributed by atoms with E-state index in [-0.39, 0.29) is 34.4 Å². The highest BCUT2D eigenvalue weighted by molar-refractivity contribution is 5.48. The van der Waals surface area contributed by atoms with Crippen LogP contribution in [0.15, 0.2) is 91.6 Å². The summed E-state index contributed by atoms with van der Waals surface area (Å²) < 4.78 is 82.6. The van der Waals surface area contributed by atoms with Crippen molar-refractivity contribution in [2.75, 3.05) is 0 Å². The van der Waals surface area contributed by atoms with Crippen molar-refractivity contribution in [2.24, 2.45) is 0 Å². The predicted molar refractivity (Wildman–Crippen MR) is 130 cm³/mol. The number of phenolic OH excluding ortho intramolecular Hbond substituents is 1. The molecule has 0 aliphatic rings. The fourth-order valence-corrected chi connectivity index (χ4v) is 3.25. The van der Waals surface area contributed by atoms with E-state index in [0.717, 1.165) is 28.0 Å². The van der Waals surface area contributed by atoms with Crippen molar-refractivity contribution < 1.29 is 41.1 Å². The molecular weight excluding hydrogens is 562 g/mol. The summed E-state index contributed by atoms with van der Waals surface area (Å²) >= 11 is 0. The molecule has 2 aromatic carbocycles. The minimum absolute atomic E-state index is 0.0567. The Morgan fingerprint density at radius 3 is 1.78 bits per heavy atom. The van der Waals surface area contributed by atoms with Gasteiger partial charge in [0.1, 0.15) is 23.3 Å². The van der Waals surface area contributed by atoms with E-state index < -0.39 is 28.4 Å². The van der Waals surface area contributed by atoms with Crippen LogP contribution < -0.4 is 4.74 Å². The number of nitrogens with zero attached hydrogens (tertiary/aromatic N) is 6. The van der Waals surface area contributed by atoms with Crippen LogP contribution in [-0.2, 0) is 12.4 Å². The zero-order valence-corrected chi connectivity index (χ0v) is 20.3. The zero-order valence-electron chi connectivity index (χ0n) is 20.3. The van der Waals surface area contributed by atoms with Crippen LogP contribution in [0.5, 0.6) is 17.4 Å². The van der Waals surface area contributed by atoms with Crippen molar-refractivity contribution in [3.8, 4) is 28.8 Å². The maximum Gasteiger partial charge on any atom is 0.419 e. The van der Waals surface area contributed by atoms with E-state index >= 15 is 0 Å². The van der Waals surface area contributed by atoms with E-state index in [1.165, 1.54) is 36.4 Å². The van der Waals surface area contributed by atoms with Gasteiger partial charge in [-0.25, -0.2) is 14.3 Å². The molecule has 10 nitrogen and oxygen atoms in total. The Kier molecular flexibility index (Phi) is 7.93. The Bertz CT molecular complexity index is 1650. The van der Waals surface area contributed by atoms with Gasteiger partial charge in [-0.1, -0.05) is 24.3 Å². The quantitative estimate of drug-likeness (QED) is 0.142. The topological polar surface area (TPSA) is 121 Å². The highest BCUT2D eigenvalue weighted by Gasteiger charge is 2.33. The normalized spacial score (nSPS) is 11.5. The first-order valence-electron chi connectivity index (χ1n) is 11.2. The molecule has 212 valence electrons. The standard InChI is InChI=1S/C15H9F3N4O3.C10H7F3N2O/c16-15(17,18)10-7-20-21(9-10)12-3-1-2-4-13(12)25-14-6-5-11(8-19-14)22(23)24;11-10(12,13)7-5-14-15(6-7)8-3-1-2-4-9(8)16/h1-9H;1-6,16H. The minimum atomic E-state index is -4.51. The van der Waals surface area contributed by atoms with Crippen LogP contribution in [0.4, 0.5) is 32.0 Å². The third-order valence-corrected chi connectivity index (χ3v) is 5.21. The number of aromatic nitrogens is 5. The highest BCUT2D eigenvalue weighted by Crippen LogP contribution is 2.32. The third kappa shape index (κ3) is 6.97. The predicted octanol–water partition coefficient (Wildman–Crippen LogP) is 6.58. The van der Waals surface area contributed by atoms with Gasteiger partial charge in [-0.3, -0.25) is 10.1 Å². The Labute approximate surface area is 225 Å². The number of aromatic hydroxyl groups is 1. The van der Waals surface area contributed by atoms with Crippen molar-refractivity contribution >= 4 is 5.69 Å². The lowest BCUT2D eigenvalue weighted by atomic mass is 10.3. The van der Waals surface area contributed by atoms with E-state index in [2.05, 4.69) is 15.2 Å². The molecule has 3 heterocycles. The number of rotatable bonds is 5. The molecule has 41 heavy (non-hydrogen) atoms. The van der Waals surface area contributed by atoms with Crippen LogP contribution >= 0.6 is 0 Å². The second-order valence-electron chi connectivity index (χ2n) is 8.01. The highest BCUT2D eigenvalue weighted by atomic mass is 19.4. The lowest BCUT2D eigenvalue weighted by Crippen LogP contribution is -2.03. The van der Waals surface area contributed by atoms with Gasteiger partial charge < -0.3 is 9.84 Å². The number of benzene rings is 2. The van der Waals surface area contributed by atoms with Crippen molar-refractivity contribution in [2.45, 2.75) is 12.4 Å². The van der Waals surface area contributed by atoms with Gasteiger partial charge in [-0.15, -0.1) is 0 Å². The van der Waals surface area contributed by atoms with Crippen LogP contribution in [0.2, 0.25) is 0 Å². The van der Waals surface area contributed by atoms with E-state index in [4.69, 9.17) is 4.74 Å². The summed E-state index contributed by atoms with van der Waals surface area (Å²) in [6.07, 6.45) is -4.82. The first-order valence-corrected chi connectivity index (χ1v) is 11.2. The van der Waals surface area contributed by atoms with E-state index in [1.807, 2.05) is 0 Å². The molecular formula is C25H16F6N6O4. The summed E-state index contributed by atoms with van der Waals surface area (Å²) in [4.78, 5) is 13.8. The summed E-state index contributed by atoms with van der Waals surface area (Å²) in [6.45, 7) is 0. The number of para-hydroxylation sites is 4. The molecule has 0 radical (unpaired) electrons. The number of alkyl halides is 6. The number of phenols is 1. The Balaban J connectivity index is 0.000000208. The van der Waals surface area contributed by atoms with Crippen LogP contribution in [-0.4, -0.2) is 34.6 Å². The number of nitro groups is 1. The molecule has 0 fully saturated rings. The zero-order chi connectivity index (χ0) is 29.8. The molecule has 0 bridgehead atoms. The molecule has 3 aromatic heterocycles. The smallest absolute Gasteiger partial charge is 0.419 e. The van der Waals surface area contributed by atoms with E-state index in [9.17, 15) is 41.6 Å². The summed E-state index contributed by atoms with van der Waals surface area (Å²) in [5.41, 5.74) is -1.48. The molecule has 16 heteroatoms. The summed E-state index contributed by atoms with van der Waals surface area (Å²) in [7, 11) is 0. The van der Waals surface area contributed by atoms with Crippen LogP contribution in [0.3, 0.4) is 0 Å². The molecule has 0 spiro atoms. The molecule has 0 aliphatic heterocycles. The van der Waals surface area contributed by atoms with Crippen LogP contribution in [0.25, 0.3) is 11.4 Å². The SMILES string of the molecule is O=[N+]([O-])c1ccc(Oc2ccccc2-n2cc(C(F)(F)F)cn2)nc1.Oc1ccccc1-n1cc(C(F)(F)F)cn1. The average molecular weight is 578 g/mol. The van der Waals surface area contributed by atoms with Crippen molar-refractivity contribution in [3.63, 3.8) is 0 Å². The van der Waals surface area contributed by atoms with Gasteiger partial charge in [0.15, 0.2) is 5.75 Å². The third-order valence-electron chi connectivity index (χ3n) is 5.21. The Morgan fingerprint density at radius 1 is 0.756 bits per heavy atom. The number of hydrogen-bond donors (Lipinski definition) is 1. The van der Waals surface area contributed by atoms with Gasteiger partial charge in [-0.05, 0) is 24.3 Å². The Morgan fingerprint density at radius 2 is 1.29 bits per heavy atom.